The van der Waals surface area contributed by atoms with E-state index in [4.69, 9.17) is 14.2 Å². The summed E-state index contributed by atoms with van der Waals surface area (Å²) in [4.78, 5) is 38.3. The molecule has 0 aromatic rings. The molecule has 0 amide bonds. The van der Waals surface area contributed by atoms with E-state index in [1.165, 1.54) is 180 Å². The summed E-state index contributed by atoms with van der Waals surface area (Å²) in [7, 11) is 0. The molecule has 0 rings (SSSR count). The van der Waals surface area contributed by atoms with Crippen LogP contribution in [0.4, 0.5) is 0 Å². The lowest BCUT2D eigenvalue weighted by Gasteiger charge is -2.18. The highest BCUT2D eigenvalue weighted by molar-refractivity contribution is 5.71. The van der Waals surface area contributed by atoms with Crippen LogP contribution in [0.2, 0.25) is 0 Å². The molecule has 0 radical (unpaired) electrons. The van der Waals surface area contributed by atoms with Crippen LogP contribution in [-0.2, 0) is 28.6 Å². The molecule has 1 unspecified atom stereocenters. The summed E-state index contributed by atoms with van der Waals surface area (Å²) in [5, 5.41) is 0. The zero-order valence-electron chi connectivity index (χ0n) is 51.0. The van der Waals surface area contributed by atoms with Crippen molar-refractivity contribution in [3.63, 3.8) is 0 Å². The number of rotatable bonds is 60. The molecule has 1 atom stereocenters. The number of hydrogen-bond acceptors (Lipinski definition) is 6. The zero-order valence-corrected chi connectivity index (χ0v) is 51.0. The van der Waals surface area contributed by atoms with Gasteiger partial charge in [-0.05, 0) is 96.3 Å². The molecule has 0 saturated carbocycles. The fraction of sp³-hybridized carbons (Fsp3) is 0.761. The van der Waals surface area contributed by atoms with Gasteiger partial charge >= 0.3 is 17.9 Å². The fourth-order valence-corrected chi connectivity index (χ4v) is 9.44. The standard InChI is InChI=1S/C71H124O6/c1-4-7-10-13-16-19-22-25-28-30-31-32-33-34-35-36-37-38-39-41-43-46-49-52-55-58-61-64-70(73)76-67-68(66-75-69(72)63-60-57-54-51-48-45-42-27-24-21-18-15-12-9-6-3)77-71(74)65-62-59-56-53-50-47-44-40-29-26-23-20-17-14-11-8-5-2/h8,11,17,20,22,25-26,29-31,33-34,44,47,68H,4-7,9-10,12-16,18-19,21,23-24,27-28,32,35-43,45-46,48-67H2,1-3H3/b11-8-,20-17-,25-22-,29-26-,31-30-,34-33-,47-44-. The van der Waals surface area contributed by atoms with Crippen LogP contribution in [0.3, 0.4) is 0 Å². The summed E-state index contributed by atoms with van der Waals surface area (Å²) in [5.41, 5.74) is 0. The number of ether oxygens (including phenoxy) is 3. The first kappa shape index (κ1) is 73.6. The van der Waals surface area contributed by atoms with Crippen molar-refractivity contribution >= 4 is 17.9 Å². The second-order valence-electron chi connectivity index (χ2n) is 22.0. The van der Waals surface area contributed by atoms with Crippen LogP contribution in [0.25, 0.3) is 0 Å². The van der Waals surface area contributed by atoms with E-state index in [2.05, 4.69) is 106 Å². The van der Waals surface area contributed by atoms with E-state index >= 15 is 0 Å². The first-order valence-corrected chi connectivity index (χ1v) is 33.1. The van der Waals surface area contributed by atoms with Crippen molar-refractivity contribution in [1.82, 2.24) is 0 Å². The van der Waals surface area contributed by atoms with Gasteiger partial charge in [0.25, 0.3) is 0 Å². The van der Waals surface area contributed by atoms with E-state index < -0.39 is 6.10 Å². The molecule has 0 fully saturated rings. The highest BCUT2D eigenvalue weighted by Gasteiger charge is 2.19. The summed E-state index contributed by atoms with van der Waals surface area (Å²) >= 11 is 0. The molecular weight excluding hydrogens is 949 g/mol. The maximum Gasteiger partial charge on any atom is 0.306 e. The minimum Gasteiger partial charge on any atom is -0.462 e. The Hall–Kier alpha value is -3.41. The van der Waals surface area contributed by atoms with Crippen molar-refractivity contribution in [2.24, 2.45) is 0 Å². The number of carbonyl (C=O) groups excluding carboxylic acids is 3. The Bertz CT molecular complexity index is 1470. The Morgan fingerprint density at radius 2 is 0.506 bits per heavy atom. The van der Waals surface area contributed by atoms with E-state index in [0.29, 0.717) is 19.3 Å². The SMILES string of the molecule is CC/C=C\C/C=C\C/C=C\C/C=C\CCCCCCC(=O)OC(COC(=O)CCCCCCCCCCCCCC/C=C\C/C=C\C/C=C\CCCCCCC)COC(=O)CCCCCCCCCCCCCCCCC. The van der Waals surface area contributed by atoms with Gasteiger partial charge in [0, 0.05) is 19.3 Å². The van der Waals surface area contributed by atoms with Crippen molar-refractivity contribution in [2.75, 3.05) is 13.2 Å². The van der Waals surface area contributed by atoms with Crippen molar-refractivity contribution in [3.8, 4) is 0 Å². The number of carbonyl (C=O) groups is 3. The van der Waals surface area contributed by atoms with Crippen molar-refractivity contribution < 1.29 is 28.6 Å². The maximum absolute atomic E-state index is 12.9. The quantitative estimate of drug-likeness (QED) is 0.0261. The van der Waals surface area contributed by atoms with Crippen LogP contribution in [0, 0.1) is 0 Å². The highest BCUT2D eigenvalue weighted by atomic mass is 16.6. The molecule has 0 heterocycles. The molecule has 0 aliphatic heterocycles. The highest BCUT2D eigenvalue weighted by Crippen LogP contribution is 2.17. The maximum atomic E-state index is 12.9. The van der Waals surface area contributed by atoms with Crippen LogP contribution < -0.4 is 0 Å². The van der Waals surface area contributed by atoms with Crippen LogP contribution in [0.5, 0.6) is 0 Å². The molecule has 0 aromatic carbocycles. The van der Waals surface area contributed by atoms with E-state index in [-0.39, 0.29) is 31.1 Å². The van der Waals surface area contributed by atoms with Gasteiger partial charge in [0.05, 0.1) is 0 Å². The summed E-state index contributed by atoms with van der Waals surface area (Å²) in [6.45, 7) is 6.53. The van der Waals surface area contributed by atoms with Gasteiger partial charge in [-0.3, -0.25) is 14.4 Å². The van der Waals surface area contributed by atoms with Gasteiger partial charge in [0.15, 0.2) is 6.10 Å². The monoisotopic (exact) mass is 1070 g/mol. The number of allylic oxidation sites excluding steroid dienone is 14. The molecule has 0 aromatic heterocycles. The van der Waals surface area contributed by atoms with Crippen LogP contribution >= 0.6 is 0 Å². The third-order valence-corrected chi connectivity index (χ3v) is 14.4. The predicted octanol–water partition coefficient (Wildman–Crippen LogP) is 22.7. The van der Waals surface area contributed by atoms with Crippen molar-refractivity contribution in [3.05, 3.63) is 85.1 Å². The largest absolute Gasteiger partial charge is 0.462 e. The van der Waals surface area contributed by atoms with Gasteiger partial charge in [-0.1, -0.05) is 298 Å². The lowest BCUT2D eigenvalue weighted by Crippen LogP contribution is -2.30. The Morgan fingerprint density at radius 3 is 0.792 bits per heavy atom. The molecule has 444 valence electrons. The molecule has 0 bridgehead atoms. The Kier molecular flexibility index (Phi) is 62.2. The van der Waals surface area contributed by atoms with Gasteiger partial charge in [0.1, 0.15) is 13.2 Å². The van der Waals surface area contributed by atoms with Crippen molar-refractivity contribution in [2.45, 2.75) is 335 Å². The third kappa shape index (κ3) is 63.3. The van der Waals surface area contributed by atoms with Crippen LogP contribution in [-0.4, -0.2) is 37.2 Å². The van der Waals surface area contributed by atoms with Crippen LogP contribution in [0.1, 0.15) is 329 Å². The second-order valence-corrected chi connectivity index (χ2v) is 22.0. The summed E-state index contributed by atoms with van der Waals surface area (Å²) < 4.78 is 16.9. The molecule has 77 heavy (non-hydrogen) atoms. The summed E-state index contributed by atoms with van der Waals surface area (Å²) in [6.07, 6.45) is 85.9. The topological polar surface area (TPSA) is 78.9 Å². The number of hydrogen-bond donors (Lipinski definition) is 0. The fourth-order valence-electron chi connectivity index (χ4n) is 9.44. The average molecular weight is 1070 g/mol. The van der Waals surface area contributed by atoms with Gasteiger partial charge in [-0.2, -0.15) is 0 Å². The van der Waals surface area contributed by atoms with E-state index in [0.717, 1.165) is 109 Å². The molecule has 0 aliphatic carbocycles. The van der Waals surface area contributed by atoms with Crippen molar-refractivity contribution in [1.29, 1.82) is 0 Å². The predicted molar refractivity (Wildman–Crippen MR) is 334 cm³/mol. The Morgan fingerprint density at radius 1 is 0.273 bits per heavy atom. The van der Waals surface area contributed by atoms with E-state index in [9.17, 15) is 14.4 Å². The van der Waals surface area contributed by atoms with Crippen LogP contribution in [0.15, 0.2) is 85.1 Å². The summed E-state index contributed by atoms with van der Waals surface area (Å²) in [6, 6.07) is 0. The molecule has 0 aliphatic rings. The first-order chi connectivity index (χ1) is 38.0. The molecule has 0 saturated heterocycles. The normalized spacial score (nSPS) is 12.6. The second kappa shape index (κ2) is 65.1. The van der Waals surface area contributed by atoms with Gasteiger partial charge in [0.2, 0.25) is 0 Å². The van der Waals surface area contributed by atoms with E-state index in [1.807, 2.05) is 0 Å². The molecule has 0 N–H and O–H groups in total. The smallest absolute Gasteiger partial charge is 0.306 e. The van der Waals surface area contributed by atoms with Gasteiger partial charge in [-0.25, -0.2) is 0 Å². The van der Waals surface area contributed by atoms with Gasteiger partial charge < -0.3 is 14.2 Å². The minimum atomic E-state index is -0.790. The average Bonchev–Trinajstić information content (AvgIpc) is 3.43. The Balaban J connectivity index is 4.32. The number of unbranched alkanes of at least 4 members (excludes halogenated alkanes) is 35. The lowest BCUT2D eigenvalue weighted by atomic mass is 10.0. The first-order valence-electron chi connectivity index (χ1n) is 33.1. The number of esters is 3. The zero-order chi connectivity index (χ0) is 55.7. The Labute approximate surface area is 477 Å². The molecule has 6 nitrogen and oxygen atoms in total. The lowest BCUT2D eigenvalue weighted by molar-refractivity contribution is -0.167. The molecule has 6 heteroatoms. The summed E-state index contributed by atoms with van der Waals surface area (Å²) in [5.74, 6) is -0.895. The van der Waals surface area contributed by atoms with E-state index in [1.54, 1.807) is 0 Å². The molecular formula is C71H124O6. The van der Waals surface area contributed by atoms with Gasteiger partial charge in [-0.15, -0.1) is 0 Å². The minimum absolute atomic E-state index is 0.0840. The third-order valence-electron chi connectivity index (χ3n) is 14.4. The molecule has 0 spiro atoms.